The predicted octanol–water partition coefficient (Wildman–Crippen LogP) is 3.05. The number of alkyl carbamates (subject to hydrolysis) is 1. The number of nitrogens with one attached hydrogen (secondary N) is 2. The quantitative estimate of drug-likeness (QED) is 0.595. The fourth-order valence-corrected chi connectivity index (χ4v) is 4.42. The van der Waals surface area contributed by atoms with Crippen LogP contribution in [-0.2, 0) is 19.1 Å². The molecule has 2 amide bonds. The highest BCUT2D eigenvalue weighted by atomic mass is 16.6. The molecule has 1 aliphatic heterocycles. The van der Waals surface area contributed by atoms with E-state index in [1.54, 1.807) is 6.92 Å². The summed E-state index contributed by atoms with van der Waals surface area (Å²) in [6.45, 7) is 3.56. The maximum absolute atomic E-state index is 12.7. The molecule has 3 N–H and O–H groups in total. The number of carboxylic acids is 1. The van der Waals surface area contributed by atoms with Gasteiger partial charge in [-0.05, 0) is 42.0 Å². The molecule has 8 heteroatoms. The lowest BCUT2D eigenvalue weighted by atomic mass is 9.98. The molecule has 4 rings (SSSR count). The molecular weight excluding hydrogens is 424 g/mol. The molecule has 2 aromatic carbocycles. The van der Waals surface area contributed by atoms with Crippen molar-refractivity contribution in [1.82, 2.24) is 10.6 Å². The minimum absolute atomic E-state index is 0.0668. The molecule has 0 bridgehead atoms. The Hall–Kier alpha value is -3.39. The van der Waals surface area contributed by atoms with E-state index in [1.807, 2.05) is 36.4 Å². The van der Waals surface area contributed by atoms with E-state index in [4.69, 9.17) is 9.47 Å². The van der Waals surface area contributed by atoms with Crippen LogP contribution >= 0.6 is 0 Å². The van der Waals surface area contributed by atoms with Gasteiger partial charge < -0.3 is 25.2 Å². The zero-order valence-corrected chi connectivity index (χ0v) is 18.7. The molecule has 0 spiro atoms. The van der Waals surface area contributed by atoms with Gasteiger partial charge in [0.05, 0.1) is 6.04 Å². The molecule has 8 nitrogen and oxygen atoms in total. The number of benzene rings is 2. The monoisotopic (exact) mass is 452 g/mol. The first-order chi connectivity index (χ1) is 15.8. The van der Waals surface area contributed by atoms with E-state index in [2.05, 4.69) is 22.8 Å². The Morgan fingerprint density at radius 2 is 1.70 bits per heavy atom. The number of hydrogen-bond acceptors (Lipinski definition) is 5. The third-order valence-electron chi connectivity index (χ3n) is 6.58. The van der Waals surface area contributed by atoms with E-state index in [-0.39, 0.29) is 25.6 Å². The van der Waals surface area contributed by atoms with Crippen LogP contribution in [0.1, 0.15) is 43.7 Å². The molecule has 3 atom stereocenters. The zero-order valence-electron chi connectivity index (χ0n) is 18.7. The third kappa shape index (κ3) is 4.43. The molecule has 1 fully saturated rings. The minimum atomic E-state index is -1.41. The molecule has 0 aromatic heterocycles. The van der Waals surface area contributed by atoms with Crippen LogP contribution in [0.2, 0.25) is 0 Å². The van der Waals surface area contributed by atoms with E-state index in [1.165, 1.54) is 6.92 Å². The van der Waals surface area contributed by atoms with Crippen LogP contribution in [0.4, 0.5) is 4.79 Å². The van der Waals surface area contributed by atoms with Gasteiger partial charge in [-0.25, -0.2) is 9.59 Å². The summed E-state index contributed by atoms with van der Waals surface area (Å²) in [5, 5.41) is 14.7. The standard InChI is InChI=1S/C25H28N2O6/c1-3-25(2,23(29)30)27-22(28)21-20(12-13-32-21)26-24(31)33-14-19-17-10-6-4-8-15(17)16-9-5-7-11-18(16)19/h4-11,19-21H,3,12-14H2,1-2H3,(H,26,31)(H,27,28)(H,29,30)/t20-,21+,25?/m1/s1. The van der Waals surface area contributed by atoms with E-state index >= 15 is 0 Å². The van der Waals surface area contributed by atoms with Crippen LogP contribution in [0, 0.1) is 0 Å². The summed E-state index contributed by atoms with van der Waals surface area (Å²) in [5.74, 6) is -1.76. The third-order valence-corrected chi connectivity index (χ3v) is 6.58. The second-order valence-corrected chi connectivity index (χ2v) is 8.64. The number of ether oxygens (including phenoxy) is 2. The van der Waals surface area contributed by atoms with Crippen LogP contribution in [0.5, 0.6) is 0 Å². The number of amides is 2. The Bertz CT molecular complexity index is 1020. The second-order valence-electron chi connectivity index (χ2n) is 8.64. The highest BCUT2D eigenvalue weighted by Gasteiger charge is 2.41. The molecule has 2 aromatic rings. The number of rotatable bonds is 7. The molecule has 174 valence electrons. The van der Waals surface area contributed by atoms with Crippen molar-refractivity contribution < 1.29 is 29.0 Å². The van der Waals surface area contributed by atoms with E-state index in [0.29, 0.717) is 6.42 Å². The highest BCUT2D eigenvalue weighted by molar-refractivity contribution is 5.89. The van der Waals surface area contributed by atoms with Gasteiger partial charge in [0.2, 0.25) is 0 Å². The summed E-state index contributed by atoms with van der Waals surface area (Å²) in [7, 11) is 0. The van der Waals surface area contributed by atoms with Gasteiger partial charge >= 0.3 is 12.1 Å². The number of aliphatic carboxylic acids is 1. The van der Waals surface area contributed by atoms with E-state index < -0.39 is 35.7 Å². The Balaban J connectivity index is 1.38. The predicted molar refractivity (Wildman–Crippen MR) is 121 cm³/mol. The Labute approximate surface area is 192 Å². The van der Waals surface area contributed by atoms with Crippen LogP contribution in [0.15, 0.2) is 48.5 Å². The maximum atomic E-state index is 12.7. The number of carbonyl (C=O) groups excluding carboxylic acids is 2. The molecule has 0 saturated carbocycles. The number of carbonyl (C=O) groups is 3. The summed E-state index contributed by atoms with van der Waals surface area (Å²) in [5.41, 5.74) is 3.10. The van der Waals surface area contributed by atoms with E-state index in [9.17, 15) is 19.5 Å². The van der Waals surface area contributed by atoms with Crippen molar-refractivity contribution in [2.45, 2.75) is 50.3 Å². The second kappa shape index (κ2) is 9.23. The van der Waals surface area contributed by atoms with Gasteiger partial charge in [0.25, 0.3) is 5.91 Å². The van der Waals surface area contributed by atoms with E-state index in [0.717, 1.165) is 22.3 Å². The van der Waals surface area contributed by atoms with Crippen LogP contribution in [-0.4, -0.2) is 54.0 Å². The van der Waals surface area contributed by atoms with Crippen molar-refractivity contribution in [2.75, 3.05) is 13.2 Å². The lowest BCUT2D eigenvalue weighted by molar-refractivity contribution is -0.149. The minimum Gasteiger partial charge on any atom is -0.480 e. The van der Waals surface area contributed by atoms with Crippen molar-refractivity contribution in [3.05, 3.63) is 59.7 Å². The van der Waals surface area contributed by atoms with Crippen LogP contribution in [0.25, 0.3) is 11.1 Å². The van der Waals surface area contributed by atoms with Gasteiger partial charge in [-0.2, -0.15) is 0 Å². The summed E-state index contributed by atoms with van der Waals surface area (Å²) in [6.07, 6.45) is -0.971. The summed E-state index contributed by atoms with van der Waals surface area (Å²) in [4.78, 5) is 36.8. The Morgan fingerprint density at radius 1 is 1.09 bits per heavy atom. The van der Waals surface area contributed by atoms with Crippen molar-refractivity contribution in [3.63, 3.8) is 0 Å². The van der Waals surface area contributed by atoms with Gasteiger partial charge in [0.1, 0.15) is 12.1 Å². The van der Waals surface area contributed by atoms with Crippen LogP contribution < -0.4 is 10.6 Å². The van der Waals surface area contributed by atoms with Gasteiger partial charge in [0.15, 0.2) is 6.10 Å². The largest absolute Gasteiger partial charge is 0.480 e. The van der Waals surface area contributed by atoms with Gasteiger partial charge in [-0.3, -0.25) is 4.79 Å². The SMILES string of the molecule is CCC(C)(NC(=O)[C@H]1OCC[C@H]1NC(=O)OCC1c2ccccc2-c2ccccc21)C(=O)O. The first-order valence-corrected chi connectivity index (χ1v) is 11.1. The molecule has 1 saturated heterocycles. The van der Waals surface area contributed by atoms with Crippen molar-refractivity contribution in [1.29, 1.82) is 0 Å². The van der Waals surface area contributed by atoms with Crippen molar-refractivity contribution in [2.24, 2.45) is 0 Å². The molecular formula is C25H28N2O6. The van der Waals surface area contributed by atoms with Crippen molar-refractivity contribution >= 4 is 18.0 Å². The Morgan fingerprint density at radius 3 is 2.27 bits per heavy atom. The number of carboxylic acid groups (broad SMARTS) is 1. The molecule has 1 unspecified atom stereocenters. The first kappa shape index (κ1) is 22.8. The fourth-order valence-electron chi connectivity index (χ4n) is 4.42. The molecule has 1 heterocycles. The zero-order chi connectivity index (χ0) is 23.6. The normalized spacial score (nSPS) is 20.9. The summed E-state index contributed by atoms with van der Waals surface area (Å²) < 4.78 is 11.1. The average molecular weight is 453 g/mol. The average Bonchev–Trinajstić information content (AvgIpc) is 3.40. The summed E-state index contributed by atoms with van der Waals surface area (Å²) >= 11 is 0. The highest BCUT2D eigenvalue weighted by Crippen LogP contribution is 2.44. The molecule has 0 radical (unpaired) electrons. The fraction of sp³-hybridized carbons (Fsp3) is 0.400. The lowest BCUT2D eigenvalue weighted by Gasteiger charge is -2.27. The number of fused-ring (bicyclic) bond motifs is 3. The van der Waals surface area contributed by atoms with Gasteiger partial charge in [-0.1, -0.05) is 55.5 Å². The Kier molecular flexibility index (Phi) is 6.37. The number of hydrogen-bond donors (Lipinski definition) is 3. The maximum Gasteiger partial charge on any atom is 0.407 e. The van der Waals surface area contributed by atoms with Crippen LogP contribution in [0.3, 0.4) is 0 Å². The first-order valence-electron chi connectivity index (χ1n) is 11.1. The lowest BCUT2D eigenvalue weighted by Crippen LogP contribution is -2.57. The summed E-state index contributed by atoms with van der Waals surface area (Å²) in [6, 6.07) is 15.5. The molecule has 33 heavy (non-hydrogen) atoms. The molecule has 2 aliphatic rings. The smallest absolute Gasteiger partial charge is 0.407 e. The van der Waals surface area contributed by atoms with Gasteiger partial charge in [0, 0.05) is 12.5 Å². The van der Waals surface area contributed by atoms with Crippen molar-refractivity contribution in [3.8, 4) is 11.1 Å². The van der Waals surface area contributed by atoms with Gasteiger partial charge in [-0.15, -0.1) is 0 Å². The topological polar surface area (TPSA) is 114 Å². The molecule has 1 aliphatic carbocycles.